The standard InChI is InChI=1S/C25H29N3OS/c1-15-7-9-19(10-8-15)26-24-27-23(29)22(30-24)13-18-12-20-17(3)14-25(4,5)28(6)21(20)11-16(18)2/h7-13,17H,14H2,1-6H3,(H,26,27,29)/b22-13+. The molecule has 1 saturated heterocycles. The molecule has 30 heavy (non-hydrogen) atoms. The average Bonchev–Trinajstić information content (AvgIpc) is 3.01. The normalized spacial score (nSPS) is 23.1. The van der Waals surface area contributed by atoms with E-state index in [1.54, 1.807) is 0 Å². The lowest BCUT2D eigenvalue weighted by Crippen LogP contribution is -2.45. The van der Waals surface area contributed by atoms with Crippen LogP contribution in [0.3, 0.4) is 0 Å². The Morgan fingerprint density at radius 3 is 2.60 bits per heavy atom. The molecule has 1 fully saturated rings. The molecule has 2 aliphatic heterocycles. The van der Waals surface area contributed by atoms with Crippen molar-refractivity contribution in [1.29, 1.82) is 0 Å². The number of nitrogens with one attached hydrogen (secondary N) is 1. The first kappa shape index (κ1) is 20.7. The summed E-state index contributed by atoms with van der Waals surface area (Å²) < 4.78 is 0. The Hall–Kier alpha value is -2.53. The second-order valence-electron chi connectivity index (χ2n) is 9.06. The van der Waals surface area contributed by atoms with Crippen molar-refractivity contribution < 1.29 is 4.79 Å². The van der Waals surface area contributed by atoms with Gasteiger partial charge in [0.05, 0.1) is 10.6 Å². The van der Waals surface area contributed by atoms with Gasteiger partial charge in [-0.2, -0.15) is 0 Å². The first-order chi connectivity index (χ1) is 14.1. The molecule has 4 rings (SSSR count). The Labute approximate surface area is 183 Å². The van der Waals surface area contributed by atoms with E-state index in [4.69, 9.17) is 0 Å². The summed E-state index contributed by atoms with van der Waals surface area (Å²) in [5, 5.41) is 3.52. The van der Waals surface area contributed by atoms with Crippen molar-refractivity contribution in [2.24, 2.45) is 4.99 Å². The van der Waals surface area contributed by atoms with Gasteiger partial charge in [0.2, 0.25) is 0 Å². The lowest BCUT2D eigenvalue weighted by atomic mass is 9.79. The third-order valence-electron chi connectivity index (χ3n) is 6.22. The Morgan fingerprint density at radius 1 is 1.20 bits per heavy atom. The molecule has 2 aromatic rings. The molecule has 2 heterocycles. The van der Waals surface area contributed by atoms with E-state index in [0.717, 1.165) is 17.7 Å². The van der Waals surface area contributed by atoms with Gasteiger partial charge in [0.1, 0.15) is 0 Å². The lowest BCUT2D eigenvalue weighted by Gasteiger charge is -2.45. The number of hydrogen-bond donors (Lipinski definition) is 1. The fourth-order valence-corrected chi connectivity index (χ4v) is 5.08. The largest absolute Gasteiger partial charge is 0.369 e. The third kappa shape index (κ3) is 3.91. The average molecular weight is 420 g/mol. The molecule has 5 heteroatoms. The molecular formula is C25H29N3OS. The quantitative estimate of drug-likeness (QED) is 0.615. The fraction of sp³-hybridized carbons (Fsp3) is 0.360. The third-order valence-corrected chi connectivity index (χ3v) is 7.13. The van der Waals surface area contributed by atoms with Crippen molar-refractivity contribution in [2.45, 2.75) is 52.5 Å². The molecule has 0 aromatic heterocycles. The summed E-state index contributed by atoms with van der Waals surface area (Å²) in [6, 6.07) is 12.5. The van der Waals surface area contributed by atoms with Crippen LogP contribution in [0.5, 0.6) is 0 Å². The van der Waals surface area contributed by atoms with Crippen LogP contribution >= 0.6 is 11.8 Å². The van der Waals surface area contributed by atoms with Crippen LogP contribution in [-0.2, 0) is 4.79 Å². The molecular weight excluding hydrogens is 390 g/mol. The zero-order valence-electron chi connectivity index (χ0n) is 18.5. The highest BCUT2D eigenvalue weighted by atomic mass is 32.2. The van der Waals surface area contributed by atoms with Crippen LogP contribution in [0, 0.1) is 13.8 Å². The smallest absolute Gasteiger partial charge is 0.264 e. The molecule has 1 N–H and O–H groups in total. The Morgan fingerprint density at radius 2 is 1.90 bits per heavy atom. The van der Waals surface area contributed by atoms with E-state index in [9.17, 15) is 4.79 Å². The summed E-state index contributed by atoms with van der Waals surface area (Å²) in [6.07, 6.45) is 3.11. The molecule has 4 nitrogen and oxygen atoms in total. The lowest BCUT2D eigenvalue weighted by molar-refractivity contribution is -0.115. The number of amidine groups is 1. The molecule has 0 bridgehead atoms. The topological polar surface area (TPSA) is 44.7 Å². The van der Waals surface area contributed by atoms with Crippen molar-refractivity contribution >= 4 is 40.3 Å². The maximum absolute atomic E-state index is 12.5. The number of carbonyl (C=O) groups is 1. The molecule has 2 aromatic carbocycles. The van der Waals surface area contributed by atoms with Gasteiger partial charge in [-0.3, -0.25) is 4.79 Å². The van der Waals surface area contributed by atoms with Gasteiger partial charge in [0, 0.05) is 18.3 Å². The Kier molecular flexibility index (Phi) is 5.27. The number of nitrogens with zero attached hydrogens (tertiary/aromatic N) is 2. The second-order valence-corrected chi connectivity index (χ2v) is 10.1. The molecule has 0 saturated carbocycles. The number of anilines is 1. The molecule has 0 aliphatic carbocycles. The molecule has 156 valence electrons. The van der Waals surface area contributed by atoms with Gasteiger partial charge in [-0.25, -0.2) is 4.99 Å². The highest BCUT2D eigenvalue weighted by Gasteiger charge is 2.34. The molecule has 1 unspecified atom stereocenters. The molecule has 0 radical (unpaired) electrons. The Balaban J connectivity index is 1.64. The van der Waals surface area contributed by atoms with Crippen LogP contribution in [-0.4, -0.2) is 23.7 Å². The molecule has 0 spiro atoms. The summed E-state index contributed by atoms with van der Waals surface area (Å²) in [5.74, 6) is 0.391. The molecule has 2 aliphatic rings. The maximum Gasteiger partial charge on any atom is 0.264 e. The number of thioether (sulfide) groups is 1. The van der Waals surface area contributed by atoms with Crippen molar-refractivity contribution in [3.05, 3.63) is 63.6 Å². The SMILES string of the molecule is Cc1ccc(N=C2NC(=O)/C(=C\c3cc4c(cc3C)N(C)C(C)(C)CC4C)S2)cc1. The molecule has 1 atom stereocenters. The van der Waals surface area contributed by atoms with Gasteiger partial charge in [-0.15, -0.1) is 0 Å². The zero-order chi connectivity index (χ0) is 21.6. The van der Waals surface area contributed by atoms with Crippen LogP contribution < -0.4 is 10.2 Å². The van der Waals surface area contributed by atoms with Crippen LogP contribution in [0.25, 0.3) is 6.08 Å². The summed E-state index contributed by atoms with van der Waals surface area (Å²) in [7, 11) is 2.18. The maximum atomic E-state index is 12.5. The minimum atomic E-state index is -0.0886. The zero-order valence-corrected chi connectivity index (χ0v) is 19.4. The van der Waals surface area contributed by atoms with E-state index < -0.39 is 0 Å². The second kappa shape index (κ2) is 7.62. The van der Waals surface area contributed by atoms with Gasteiger partial charge in [-0.05, 0) is 98.8 Å². The number of fused-ring (bicyclic) bond motifs is 1. The van der Waals surface area contributed by atoms with Crippen LogP contribution in [0.1, 0.15) is 55.4 Å². The number of aliphatic imine (C=N–C) groups is 1. The van der Waals surface area contributed by atoms with Gasteiger partial charge in [0.15, 0.2) is 5.17 Å². The van der Waals surface area contributed by atoms with Crippen molar-refractivity contribution in [1.82, 2.24) is 5.32 Å². The summed E-state index contributed by atoms with van der Waals surface area (Å²) in [5.41, 5.74) is 7.09. The molecule has 1 amide bonds. The van der Waals surface area contributed by atoms with E-state index in [2.05, 4.69) is 62.1 Å². The Bertz CT molecular complexity index is 1070. The minimum absolute atomic E-state index is 0.0886. The highest BCUT2D eigenvalue weighted by Crippen LogP contribution is 2.44. The van der Waals surface area contributed by atoms with Crippen LogP contribution in [0.4, 0.5) is 11.4 Å². The predicted octanol–water partition coefficient (Wildman–Crippen LogP) is 5.92. The number of benzene rings is 2. The first-order valence-electron chi connectivity index (χ1n) is 10.4. The van der Waals surface area contributed by atoms with Crippen molar-refractivity contribution in [3.8, 4) is 0 Å². The summed E-state index contributed by atoms with van der Waals surface area (Å²) in [4.78, 5) is 20.2. The minimum Gasteiger partial charge on any atom is -0.369 e. The number of amides is 1. The number of aryl methyl sites for hydroxylation is 2. The van der Waals surface area contributed by atoms with Crippen LogP contribution in [0.2, 0.25) is 0 Å². The fourth-order valence-electron chi connectivity index (χ4n) is 4.25. The predicted molar refractivity (Wildman–Crippen MR) is 129 cm³/mol. The van der Waals surface area contributed by atoms with Gasteiger partial charge in [-0.1, -0.05) is 24.6 Å². The highest BCUT2D eigenvalue weighted by molar-refractivity contribution is 8.18. The van der Waals surface area contributed by atoms with E-state index in [-0.39, 0.29) is 11.4 Å². The first-order valence-corrected chi connectivity index (χ1v) is 11.2. The van der Waals surface area contributed by atoms with E-state index in [1.807, 2.05) is 37.3 Å². The number of rotatable bonds is 2. The van der Waals surface area contributed by atoms with Gasteiger partial charge >= 0.3 is 0 Å². The van der Waals surface area contributed by atoms with E-state index in [1.165, 1.54) is 34.1 Å². The van der Waals surface area contributed by atoms with E-state index in [0.29, 0.717) is 16.0 Å². The summed E-state index contributed by atoms with van der Waals surface area (Å²) >= 11 is 1.40. The number of hydrogen-bond acceptors (Lipinski definition) is 4. The monoisotopic (exact) mass is 419 g/mol. The van der Waals surface area contributed by atoms with Gasteiger partial charge < -0.3 is 10.2 Å². The van der Waals surface area contributed by atoms with Crippen molar-refractivity contribution in [3.63, 3.8) is 0 Å². The van der Waals surface area contributed by atoms with Crippen LogP contribution in [0.15, 0.2) is 46.3 Å². The van der Waals surface area contributed by atoms with E-state index >= 15 is 0 Å². The number of carbonyl (C=O) groups excluding carboxylic acids is 1. The van der Waals surface area contributed by atoms with Gasteiger partial charge in [0.25, 0.3) is 5.91 Å². The summed E-state index contributed by atoms with van der Waals surface area (Å²) in [6.45, 7) is 11.1. The van der Waals surface area contributed by atoms with Crippen molar-refractivity contribution in [2.75, 3.05) is 11.9 Å².